The highest BCUT2D eigenvalue weighted by Gasteiger charge is 2.14. The van der Waals surface area contributed by atoms with Gasteiger partial charge in [0, 0.05) is 60.8 Å². The molecule has 0 aliphatic heterocycles. The summed E-state index contributed by atoms with van der Waals surface area (Å²) in [6, 6.07) is 12.3. The summed E-state index contributed by atoms with van der Waals surface area (Å²) < 4.78 is 21.0. The van der Waals surface area contributed by atoms with Gasteiger partial charge in [-0.1, -0.05) is 30.3 Å². The molecule has 4 aromatic rings. The minimum Gasteiger partial charge on any atom is -0.385 e. The fraction of sp³-hybridized carbons (Fsp3) is 0.240. The first-order valence-electron chi connectivity index (χ1n) is 10.3. The molecule has 2 aromatic heterocycles. The van der Waals surface area contributed by atoms with E-state index in [2.05, 4.69) is 9.97 Å². The Bertz CT molecular complexity index is 1220. The van der Waals surface area contributed by atoms with Gasteiger partial charge in [-0.05, 0) is 37.5 Å². The topological polar surface area (TPSA) is 57.0 Å². The molecule has 0 atom stereocenters. The molecule has 0 radical (unpaired) electrons. The van der Waals surface area contributed by atoms with Crippen molar-refractivity contribution in [3.8, 4) is 17.1 Å². The lowest BCUT2D eigenvalue weighted by atomic mass is 10.0. The monoisotopic (exact) mass is 417 g/mol. The number of aryl methyl sites for hydroxylation is 1. The van der Waals surface area contributed by atoms with Crippen LogP contribution >= 0.6 is 0 Å². The van der Waals surface area contributed by atoms with E-state index in [-0.39, 0.29) is 11.6 Å². The van der Waals surface area contributed by atoms with Crippen LogP contribution in [0.2, 0.25) is 0 Å². The van der Waals surface area contributed by atoms with Gasteiger partial charge in [0.15, 0.2) is 5.78 Å². The van der Waals surface area contributed by atoms with Crippen molar-refractivity contribution in [3.05, 3.63) is 78.0 Å². The lowest BCUT2D eigenvalue weighted by Crippen LogP contribution is -2.02. The zero-order valence-electron chi connectivity index (χ0n) is 17.6. The van der Waals surface area contributed by atoms with Crippen LogP contribution in [0.15, 0.2) is 61.1 Å². The number of ketones is 1. The maximum Gasteiger partial charge on any atom is 0.234 e. The van der Waals surface area contributed by atoms with E-state index >= 15 is 0 Å². The lowest BCUT2D eigenvalue weighted by molar-refractivity contribution is 0.0975. The number of methoxy groups -OCH3 is 1. The summed E-state index contributed by atoms with van der Waals surface area (Å²) >= 11 is 0. The molecule has 158 valence electrons. The third-order valence-electron chi connectivity index (χ3n) is 5.37. The molecule has 31 heavy (non-hydrogen) atoms. The van der Waals surface area contributed by atoms with Gasteiger partial charge < -0.3 is 4.74 Å². The zero-order valence-corrected chi connectivity index (χ0v) is 17.6. The molecule has 0 unspecified atom stereocenters. The third-order valence-corrected chi connectivity index (χ3v) is 5.37. The fourth-order valence-electron chi connectivity index (χ4n) is 3.69. The summed E-state index contributed by atoms with van der Waals surface area (Å²) in [4.78, 5) is 21.5. The Hall–Kier alpha value is -3.38. The number of nitrogens with zero attached hydrogens (tertiary/aromatic N) is 3. The summed E-state index contributed by atoms with van der Waals surface area (Å²) in [6.07, 6.45) is 7.34. The Balaban J connectivity index is 1.64. The van der Waals surface area contributed by atoms with Crippen molar-refractivity contribution in [3.63, 3.8) is 0 Å². The Labute approximate surface area is 180 Å². The molecule has 0 saturated carbocycles. The highest BCUT2D eigenvalue weighted by Crippen LogP contribution is 2.26. The van der Waals surface area contributed by atoms with Gasteiger partial charge in [-0.2, -0.15) is 0 Å². The Morgan fingerprint density at radius 3 is 2.61 bits per heavy atom. The maximum atomic E-state index is 14.1. The number of carbonyl (C=O) groups is 1. The van der Waals surface area contributed by atoms with Crippen LogP contribution in [0, 0.1) is 12.7 Å². The Morgan fingerprint density at radius 1 is 1.10 bits per heavy atom. The first-order valence-corrected chi connectivity index (χ1v) is 10.3. The van der Waals surface area contributed by atoms with Crippen molar-refractivity contribution in [2.75, 3.05) is 13.7 Å². The van der Waals surface area contributed by atoms with Gasteiger partial charge in [-0.25, -0.2) is 14.4 Å². The normalized spacial score (nSPS) is 11.2. The highest BCUT2D eigenvalue weighted by atomic mass is 19.1. The second kappa shape index (κ2) is 9.18. The Morgan fingerprint density at radius 2 is 1.87 bits per heavy atom. The van der Waals surface area contributed by atoms with Gasteiger partial charge in [-0.15, -0.1) is 0 Å². The van der Waals surface area contributed by atoms with Crippen LogP contribution in [0.5, 0.6) is 0 Å². The van der Waals surface area contributed by atoms with Crippen LogP contribution < -0.4 is 0 Å². The first kappa shape index (κ1) is 20.9. The van der Waals surface area contributed by atoms with Crippen molar-refractivity contribution in [2.24, 2.45) is 0 Å². The van der Waals surface area contributed by atoms with Crippen molar-refractivity contribution in [1.82, 2.24) is 14.5 Å². The molecule has 0 bridgehead atoms. The number of Topliss-reactive ketones (excluding diaryl/α,β-unsaturated/α-hetero) is 1. The van der Waals surface area contributed by atoms with E-state index in [9.17, 15) is 9.18 Å². The number of hydrogen-bond donors (Lipinski definition) is 0. The fourth-order valence-corrected chi connectivity index (χ4v) is 3.69. The van der Waals surface area contributed by atoms with Crippen LogP contribution in [0.4, 0.5) is 4.39 Å². The van der Waals surface area contributed by atoms with Gasteiger partial charge in [0.25, 0.3) is 0 Å². The molecule has 4 rings (SSSR count). The molecule has 0 saturated heterocycles. The average molecular weight is 417 g/mol. The van der Waals surface area contributed by atoms with Crippen LogP contribution in [0.1, 0.15) is 35.2 Å². The molecule has 2 aromatic carbocycles. The molecule has 5 nitrogen and oxygen atoms in total. The zero-order chi connectivity index (χ0) is 21.8. The average Bonchev–Trinajstić information content (AvgIpc) is 3.13. The van der Waals surface area contributed by atoms with E-state index < -0.39 is 0 Å². The molecule has 0 fully saturated rings. The standard InChI is InChI=1S/C25H24FN3O2/c1-17-16-29(25-27-14-19(15-28-25)21-7-3-4-8-22(21)26)23-13-18(10-11-20(17)23)24(30)9-5-6-12-31-2/h3-4,7-8,10-11,13-16H,5-6,9,12H2,1-2H3. The predicted molar refractivity (Wildman–Crippen MR) is 119 cm³/mol. The van der Waals surface area contributed by atoms with Crippen LogP contribution in [-0.2, 0) is 4.74 Å². The maximum absolute atomic E-state index is 14.1. The predicted octanol–water partition coefficient (Wildman–Crippen LogP) is 5.53. The number of rotatable bonds is 8. The molecule has 6 heteroatoms. The summed E-state index contributed by atoms with van der Waals surface area (Å²) in [5.41, 5.74) is 3.69. The molecular weight excluding hydrogens is 393 g/mol. The number of aromatic nitrogens is 3. The minimum absolute atomic E-state index is 0.110. The molecule has 0 aliphatic carbocycles. The molecule has 0 spiro atoms. The van der Waals surface area contributed by atoms with Crippen LogP contribution in [0.3, 0.4) is 0 Å². The van der Waals surface area contributed by atoms with Gasteiger partial charge in [0.1, 0.15) is 5.82 Å². The molecular formula is C25H24FN3O2. The van der Waals surface area contributed by atoms with E-state index in [1.165, 1.54) is 6.07 Å². The van der Waals surface area contributed by atoms with E-state index in [4.69, 9.17) is 4.74 Å². The SMILES string of the molecule is COCCCCC(=O)c1ccc2c(C)cn(-c3ncc(-c4ccccc4F)cn3)c2c1. The number of ether oxygens (including phenoxy) is 1. The van der Waals surface area contributed by atoms with Crippen molar-refractivity contribution < 1.29 is 13.9 Å². The second-order valence-corrected chi connectivity index (χ2v) is 7.54. The summed E-state index contributed by atoms with van der Waals surface area (Å²) in [5, 5.41) is 1.04. The van der Waals surface area contributed by atoms with Crippen molar-refractivity contribution in [2.45, 2.75) is 26.2 Å². The number of unbranched alkanes of at least 4 members (excludes halogenated alkanes) is 1. The molecule has 0 amide bonds. The quantitative estimate of drug-likeness (QED) is 0.279. The first-order chi connectivity index (χ1) is 15.1. The summed E-state index contributed by atoms with van der Waals surface area (Å²) in [7, 11) is 1.66. The van der Waals surface area contributed by atoms with Gasteiger partial charge in [0.2, 0.25) is 5.95 Å². The molecule has 2 heterocycles. The van der Waals surface area contributed by atoms with Gasteiger partial charge in [-0.3, -0.25) is 9.36 Å². The van der Waals surface area contributed by atoms with E-state index in [0.717, 1.165) is 29.3 Å². The number of carbonyl (C=O) groups excluding carboxylic acids is 1. The summed E-state index contributed by atoms with van der Waals surface area (Å²) in [5.74, 6) is 0.275. The third kappa shape index (κ3) is 4.39. The second-order valence-electron chi connectivity index (χ2n) is 7.54. The van der Waals surface area contributed by atoms with Crippen molar-refractivity contribution >= 4 is 16.7 Å². The lowest BCUT2D eigenvalue weighted by Gasteiger charge is -2.07. The van der Waals surface area contributed by atoms with E-state index in [1.54, 1.807) is 37.7 Å². The largest absolute Gasteiger partial charge is 0.385 e. The number of halogens is 1. The molecule has 0 N–H and O–H groups in total. The molecule has 0 aliphatic rings. The van der Waals surface area contributed by atoms with Gasteiger partial charge in [0.05, 0.1) is 5.52 Å². The minimum atomic E-state index is -0.310. The Kier molecular flexibility index (Phi) is 6.18. The van der Waals surface area contributed by atoms with E-state index in [1.807, 2.05) is 35.9 Å². The summed E-state index contributed by atoms with van der Waals surface area (Å²) in [6.45, 7) is 2.67. The van der Waals surface area contributed by atoms with Crippen LogP contribution in [-0.4, -0.2) is 34.0 Å². The van der Waals surface area contributed by atoms with E-state index in [0.29, 0.717) is 35.7 Å². The number of benzene rings is 2. The van der Waals surface area contributed by atoms with Crippen molar-refractivity contribution in [1.29, 1.82) is 0 Å². The number of hydrogen-bond acceptors (Lipinski definition) is 4. The smallest absolute Gasteiger partial charge is 0.234 e. The van der Waals surface area contributed by atoms with Gasteiger partial charge >= 0.3 is 0 Å². The highest BCUT2D eigenvalue weighted by molar-refractivity contribution is 6.00. The van der Waals surface area contributed by atoms with Crippen LogP contribution in [0.25, 0.3) is 28.0 Å². The number of fused-ring (bicyclic) bond motifs is 1.